The zero-order valence-corrected chi connectivity index (χ0v) is 15.8. The van der Waals surface area contributed by atoms with Crippen LogP contribution in [0, 0.1) is 11.3 Å². The molecule has 6 nitrogen and oxygen atoms in total. The van der Waals surface area contributed by atoms with E-state index in [4.69, 9.17) is 5.26 Å². The molecule has 1 aliphatic rings. The predicted octanol–water partition coefficient (Wildman–Crippen LogP) is 2.72. The highest BCUT2D eigenvalue weighted by Gasteiger charge is 2.30. The predicted molar refractivity (Wildman–Crippen MR) is 99.3 cm³/mol. The van der Waals surface area contributed by atoms with Crippen molar-refractivity contribution in [2.75, 3.05) is 13.1 Å². The van der Waals surface area contributed by atoms with Crippen LogP contribution in [0.25, 0.3) is 0 Å². The van der Waals surface area contributed by atoms with Crippen molar-refractivity contribution in [1.29, 1.82) is 5.26 Å². The highest BCUT2D eigenvalue weighted by molar-refractivity contribution is 7.89. The van der Waals surface area contributed by atoms with Crippen molar-refractivity contribution in [2.24, 2.45) is 0 Å². The fraction of sp³-hybridized carbons (Fsp3) is 0.333. The Morgan fingerprint density at radius 3 is 2.50 bits per heavy atom. The first-order valence-corrected chi connectivity index (χ1v) is 10.7. The van der Waals surface area contributed by atoms with Crippen molar-refractivity contribution < 1.29 is 13.2 Å². The molecule has 0 bridgehead atoms. The fourth-order valence-corrected chi connectivity index (χ4v) is 5.70. The quantitative estimate of drug-likeness (QED) is 0.851. The van der Waals surface area contributed by atoms with Crippen molar-refractivity contribution in [1.82, 2.24) is 9.62 Å². The Balaban J connectivity index is 1.72. The molecular weight excluding hydrogens is 370 g/mol. The zero-order chi connectivity index (χ0) is 18.6. The third-order valence-corrected chi connectivity index (χ3v) is 7.29. The van der Waals surface area contributed by atoms with Gasteiger partial charge in [-0.3, -0.25) is 4.79 Å². The Labute approximate surface area is 157 Å². The average molecular weight is 390 g/mol. The van der Waals surface area contributed by atoms with Crippen LogP contribution in [0.4, 0.5) is 0 Å². The van der Waals surface area contributed by atoms with Crippen molar-refractivity contribution in [3.8, 4) is 6.07 Å². The summed E-state index contributed by atoms with van der Waals surface area (Å²) in [6.07, 6.45) is 2.74. The lowest BCUT2D eigenvalue weighted by Crippen LogP contribution is -2.36. The largest absolute Gasteiger partial charge is 0.347 e. The molecule has 1 fully saturated rings. The lowest BCUT2D eigenvalue weighted by Gasteiger charge is -2.25. The summed E-state index contributed by atoms with van der Waals surface area (Å²) in [5.41, 5.74) is 1.39. The molecule has 0 spiro atoms. The number of hydrogen-bond acceptors (Lipinski definition) is 5. The van der Waals surface area contributed by atoms with Gasteiger partial charge in [0.25, 0.3) is 5.91 Å². The van der Waals surface area contributed by atoms with E-state index in [2.05, 4.69) is 5.32 Å². The van der Waals surface area contributed by atoms with Crippen LogP contribution in [0.3, 0.4) is 0 Å². The van der Waals surface area contributed by atoms with E-state index < -0.39 is 15.9 Å². The molecule has 0 radical (unpaired) electrons. The standard InChI is InChI=1S/C18H19N3O3S2/c19-12-14-4-6-15(7-5-14)13-20-18(22)17-16(8-11-25-17)26(23,24)21-9-2-1-3-10-21/h4-8,11H,1-3,9-10,13H2,(H,20,22). The smallest absolute Gasteiger partial charge is 0.263 e. The zero-order valence-electron chi connectivity index (χ0n) is 14.1. The lowest BCUT2D eigenvalue weighted by molar-refractivity contribution is 0.0952. The van der Waals surface area contributed by atoms with Gasteiger partial charge in [-0.15, -0.1) is 11.3 Å². The molecule has 26 heavy (non-hydrogen) atoms. The molecule has 0 unspecified atom stereocenters. The second-order valence-corrected chi connectivity index (χ2v) is 8.89. The molecule has 0 aliphatic carbocycles. The van der Waals surface area contributed by atoms with E-state index in [0.29, 0.717) is 18.7 Å². The molecule has 1 amide bonds. The van der Waals surface area contributed by atoms with Gasteiger partial charge in [-0.2, -0.15) is 9.57 Å². The van der Waals surface area contributed by atoms with E-state index in [0.717, 1.165) is 36.2 Å². The number of nitrogens with zero attached hydrogens (tertiary/aromatic N) is 2. The summed E-state index contributed by atoms with van der Waals surface area (Å²) >= 11 is 1.13. The highest BCUT2D eigenvalue weighted by Crippen LogP contribution is 2.27. The van der Waals surface area contributed by atoms with Gasteiger partial charge in [0.2, 0.25) is 10.0 Å². The SMILES string of the molecule is N#Cc1ccc(CNC(=O)c2sccc2S(=O)(=O)N2CCCCC2)cc1. The second-order valence-electron chi connectivity index (χ2n) is 6.07. The van der Waals surface area contributed by atoms with Crippen molar-refractivity contribution in [2.45, 2.75) is 30.7 Å². The number of rotatable bonds is 5. The maximum Gasteiger partial charge on any atom is 0.263 e. The van der Waals surface area contributed by atoms with Crippen LogP contribution >= 0.6 is 11.3 Å². The minimum atomic E-state index is -3.64. The van der Waals surface area contributed by atoms with Crippen molar-refractivity contribution >= 4 is 27.3 Å². The lowest BCUT2D eigenvalue weighted by atomic mass is 10.1. The number of nitriles is 1. The minimum Gasteiger partial charge on any atom is -0.347 e. The molecule has 0 saturated carbocycles. The Morgan fingerprint density at radius 1 is 1.15 bits per heavy atom. The normalized spacial score (nSPS) is 15.3. The van der Waals surface area contributed by atoms with E-state index in [9.17, 15) is 13.2 Å². The number of hydrogen-bond donors (Lipinski definition) is 1. The molecule has 8 heteroatoms. The second kappa shape index (κ2) is 7.99. The first kappa shape index (κ1) is 18.6. The van der Waals surface area contributed by atoms with Gasteiger partial charge in [0.05, 0.1) is 11.6 Å². The summed E-state index contributed by atoms with van der Waals surface area (Å²) < 4.78 is 27.1. The van der Waals surface area contributed by atoms with Crippen LogP contribution in [0.2, 0.25) is 0 Å². The molecule has 0 atom stereocenters. The average Bonchev–Trinajstić information content (AvgIpc) is 3.18. The molecule has 1 saturated heterocycles. The first-order valence-electron chi connectivity index (χ1n) is 8.37. The van der Waals surface area contributed by atoms with Gasteiger partial charge in [-0.1, -0.05) is 18.6 Å². The number of piperidine rings is 1. The Hall–Kier alpha value is -2.21. The van der Waals surface area contributed by atoms with Crippen LogP contribution in [-0.2, 0) is 16.6 Å². The maximum absolute atomic E-state index is 12.8. The Bertz CT molecular complexity index is 921. The number of benzene rings is 1. The molecule has 136 valence electrons. The van der Waals surface area contributed by atoms with Gasteiger partial charge in [-0.25, -0.2) is 8.42 Å². The Morgan fingerprint density at radius 2 is 1.85 bits per heavy atom. The van der Waals surface area contributed by atoms with E-state index in [1.165, 1.54) is 10.4 Å². The Kier molecular flexibility index (Phi) is 5.71. The van der Waals surface area contributed by atoms with Crippen LogP contribution in [0.5, 0.6) is 0 Å². The third-order valence-electron chi connectivity index (χ3n) is 4.30. The maximum atomic E-state index is 12.8. The van der Waals surface area contributed by atoms with Crippen molar-refractivity contribution in [3.05, 3.63) is 51.7 Å². The molecule has 3 rings (SSSR count). The van der Waals surface area contributed by atoms with Gasteiger partial charge in [0.15, 0.2) is 0 Å². The number of amides is 1. The number of thiophene rings is 1. The van der Waals surface area contributed by atoms with Gasteiger partial charge in [0, 0.05) is 19.6 Å². The molecule has 2 heterocycles. The fourth-order valence-electron chi connectivity index (χ4n) is 2.87. The van der Waals surface area contributed by atoms with Gasteiger partial charge in [-0.05, 0) is 42.0 Å². The summed E-state index contributed by atoms with van der Waals surface area (Å²) in [7, 11) is -3.64. The molecule has 1 aromatic carbocycles. The van der Waals surface area contributed by atoms with E-state index in [1.807, 2.05) is 6.07 Å². The van der Waals surface area contributed by atoms with E-state index >= 15 is 0 Å². The summed E-state index contributed by atoms with van der Waals surface area (Å²) in [6.45, 7) is 1.28. The monoisotopic (exact) mass is 389 g/mol. The number of nitrogens with one attached hydrogen (secondary N) is 1. The summed E-state index contributed by atoms with van der Waals surface area (Å²) in [5, 5.41) is 13.2. The van der Waals surface area contributed by atoms with E-state index in [1.54, 1.807) is 29.6 Å². The summed E-state index contributed by atoms with van der Waals surface area (Å²) in [4.78, 5) is 12.8. The number of sulfonamides is 1. The minimum absolute atomic E-state index is 0.0849. The van der Waals surface area contributed by atoms with Gasteiger partial charge < -0.3 is 5.32 Å². The van der Waals surface area contributed by atoms with Crippen LogP contribution in [-0.4, -0.2) is 31.7 Å². The summed E-state index contributed by atoms with van der Waals surface area (Å²) in [5.74, 6) is -0.403. The topological polar surface area (TPSA) is 90.3 Å². The molecule has 1 N–H and O–H groups in total. The van der Waals surface area contributed by atoms with Crippen LogP contribution in [0.1, 0.15) is 40.1 Å². The third kappa shape index (κ3) is 3.96. The van der Waals surface area contributed by atoms with Gasteiger partial charge >= 0.3 is 0 Å². The first-order chi connectivity index (χ1) is 12.5. The number of carbonyl (C=O) groups excluding carboxylic acids is 1. The molecule has 2 aromatic rings. The van der Waals surface area contributed by atoms with Crippen molar-refractivity contribution in [3.63, 3.8) is 0 Å². The van der Waals surface area contributed by atoms with Gasteiger partial charge in [0.1, 0.15) is 9.77 Å². The molecular formula is C18H19N3O3S2. The van der Waals surface area contributed by atoms with Crippen LogP contribution < -0.4 is 5.32 Å². The number of carbonyl (C=O) groups is 1. The molecule has 1 aliphatic heterocycles. The van der Waals surface area contributed by atoms with E-state index in [-0.39, 0.29) is 16.3 Å². The highest BCUT2D eigenvalue weighted by atomic mass is 32.2. The summed E-state index contributed by atoms with van der Waals surface area (Å²) in [6, 6.07) is 10.4. The molecule has 1 aromatic heterocycles. The van der Waals surface area contributed by atoms with Crippen LogP contribution in [0.15, 0.2) is 40.6 Å².